The lowest BCUT2D eigenvalue weighted by atomic mass is 10.1. The lowest BCUT2D eigenvalue weighted by molar-refractivity contribution is 0.0522. The van der Waals surface area contributed by atoms with E-state index in [0.29, 0.717) is 30.0 Å². The molecule has 1 fully saturated rings. The lowest BCUT2D eigenvalue weighted by Crippen LogP contribution is -2.45. The Labute approximate surface area is 176 Å². The molecule has 6 nitrogen and oxygen atoms in total. The molecule has 1 aromatic heterocycles. The van der Waals surface area contributed by atoms with Gasteiger partial charge >= 0.3 is 5.97 Å². The van der Waals surface area contributed by atoms with Crippen LogP contribution < -0.4 is 0 Å². The second kappa shape index (κ2) is 9.12. The van der Waals surface area contributed by atoms with Crippen molar-refractivity contribution < 1.29 is 13.9 Å². The normalized spacial score (nSPS) is 15.2. The van der Waals surface area contributed by atoms with Gasteiger partial charge in [0.1, 0.15) is 16.9 Å². The van der Waals surface area contributed by atoms with E-state index in [1.165, 1.54) is 5.56 Å². The van der Waals surface area contributed by atoms with Crippen LogP contribution in [-0.2, 0) is 17.8 Å². The number of benzene rings is 2. The summed E-state index contributed by atoms with van der Waals surface area (Å²) in [5.74, 6) is 0.354. The number of nitriles is 1. The number of carbonyl (C=O) groups is 1. The zero-order chi connectivity index (χ0) is 20.9. The van der Waals surface area contributed by atoms with Crippen molar-refractivity contribution in [2.24, 2.45) is 0 Å². The average Bonchev–Trinajstić information content (AvgIpc) is 3.14. The average molecular weight is 403 g/mol. The van der Waals surface area contributed by atoms with Crippen molar-refractivity contribution in [3.05, 3.63) is 71.0 Å². The van der Waals surface area contributed by atoms with Gasteiger partial charge in [-0.05, 0) is 30.7 Å². The molecule has 1 saturated heterocycles. The third-order valence-corrected chi connectivity index (χ3v) is 5.47. The van der Waals surface area contributed by atoms with Crippen molar-refractivity contribution in [3.63, 3.8) is 0 Å². The van der Waals surface area contributed by atoms with E-state index in [0.717, 1.165) is 43.7 Å². The molecular weight excluding hydrogens is 378 g/mol. The number of hydrogen-bond acceptors (Lipinski definition) is 6. The molecule has 1 aliphatic heterocycles. The molecule has 0 N–H and O–H groups in total. The molecule has 6 heteroatoms. The fraction of sp³-hybridized carbons (Fsp3) is 0.333. The van der Waals surface area contributed by atoms with E-state index < -0.39 is 0 Å². The first-order valence-electron chi connectivity index (χ1n) is 10.3. The van der Waals surface area contributed by atoms with Gasteiger partial charge in [-0.2, -0.15) is 5.26 Å². The number of nitrogens with zero attached hydrogens (tertiary/aromatic N) is 3. The summed E-state index contributed by atoms with van der Waals surface area (Å²) in [6.45, 7) is 7.29. The number of carbonyl (C=O) groups excluding carboxylic acids is 1. The molecule has 0 radical (unpaired) electrons. The highest BCUT2D eigenvalue weighted by atomic mass is 16.5. The van der Waals surface area contributed by atoms with Gasteiger partial charge in [0.15, 0.2) is 0 Å². The number of hydrogen-bond donors (Lipinski definition) is 0. The highest BCUT2D eigenvalue weighted by Gasteiger charge is 2.25. The fourth-order valence-corrected chi connectivity index (χ4v) is 3.89. The van der Waals surface area contributed by atoms with Gasteiger partial charge in [-0.3, -0.25) is 9.80 Å². The maximum absolute atomic E-state index is 12.6. The summed E-state index contributed by atoms with van der Waals surface area (Å²) < 4.78 is 11.3. The molecule has 1 aliphatic rings. The maximum atomic E-state index is 12.6. The summed E-state index contributed by atoms with van der Waals surface area (Å²) in [6, 6.07) is 17.5. The molecule has 30 heavy (non-hydrogen) atoms. The number of ether oxygens (including phenoxy) is 1. The highest BCUT2D eigenvalue weighted by molar-refractivity contribution is 6.04. The summed E-state index contributed by atoms with van der Waals surface area (Å²) in [5, 5.41) is 9.74. The van der Waals surface area contributed by atoms with Crippen LogP contribution in [0.15, 0.2) is 52.9 Å². The summed E-state index contributed by atoms with van der Waals surface area (Å²) in [5.41, 5.74) is 3.17. The van der Waals surface area contributed by atoms with Gasteiger partial charge in [0.05, 0.1) is 24.8 Å². The van der Waals surface area contributed by atoms with Crippen LogP contribution in [0.2, 0.25) is 0 Å². The number of fused-ring (bicyclic) bond motifs is 1. The van der Waals surface area contributed by atoms with Gasteiger partial charge in [-0.25, -0.2) is 4.79 Å². The molecule has 0 aliphatic carbocycles. The predicted octanol–water partition coefficient (Wildman–Crippen LogP) is 3.80. The standard InChI is InChI=1S/C24H25N3O3/c1-2-29-24(28)23-20-5-3-4-6-21(20)30-22(23)17-27-13-11-26(12-14-27)16-19-9-7-18(15-25)8-10-19/h3-10H,2,11-14,16-17H2,1H3. The first kappa shape index (κ1) is 20.1. The molecule has 2 aromatic carbocycles. The molecule has 0 spiro atoms. The van der Waals surface area contributed by atoms with E-state index in [9.17, 15) is 4.79 Å². The minimum Gasteiger partial charge on any atom is -0.462 e. The number of para-hydroxylation sites is 1. The molecule has 3 aromatic rings. The Kier molecular flexibility index (Phi) is 6.12. The van der Waals surface area contributed by atoms with Crippen LogP contribution in [0.5, 0.6) is 0 Å². The zero-order valence-electron chi connectivity index (χ0n) is 17.1. The Bertz CT molecular complexity index is 1060. The second-order valence-electron chi connectivity index (χ2n) is 7.48. The Balaban J connectivity index is 1.41. The number of rotatable bonds is 6. The first-order valence-corrected chi connectivity index (χ1v) is 10.3. The molecule has 0 unspecified atom stereocenters. The smallest absolute Gasteiger partial charge is 0.342 e. The fourth-order valence-electron chi connectivity index (χ4n) is 3.89. The zero-order valence-corrected chi connectivity index (χ0v) is 17.1. The molecule has 154 valence electrons. The molecule has 4 rings (SSSR count). The van der Waals surface area contributed by atoms with Crippen molar-refractivity contribution in [2.45, 2.75) is 20.0 Å². The van der Waals surface area contributed by atoms with E-state index in [-0.39, 0.29) is 5.97 Å². The van der Waals surface area contributed by atoms with Crippen LogP contribution in [0.25, 0.3) is 11.0 Å². The van der Waals surface area contributed by atoms with Gasteiger partial charge in [0, 0.05) is 38.1 Å². The molecule has 0 atom stereocenters. The molecule has 0 amide bonds. The van der Waals surface area contributed by atoms with E-state index in [4.69, 9.17) is 14.4 Å². The minimum absolute atomic E-state index is 0.322. The van der Waals surface area contributed by atoms with Crippen molar-refractivity contribution in [2.75, 3.05) is 32.8 Å². The summed E-state index contributed by atoms with van der Waals surface area (Å²) >= 11 is 0. The van der Waals surface area contributed by atoms with Crippen LogP contribution in [0.1, 0.15) is 34.2 Å². The monoisotopic (exact) mass is 403 g/mol. The van der Waals surface area contributed by atoms with Gasteiger partial charge in [-0.1, -0.05) is 30.3 Å². The summed E-state index contributed by atoms with van der Waals surface area (Å²) in [6.07, 6.45) is 0. The van der Waals surface area contributed by atoms with Gasteiger partial charge < -0.3 is 9.15 Å². The Morgan fingerprint density at radius 2 is 1.70 bits per heavy atom. The maximum Gasteiger partial charge on any atom is 0.342 e. The SMILES string of the molecule is CCOC(=O)c1c(CN2CCN(Cc3ccc(C#N)cc3)CC2)oc2ccccc12. The van der Waals surface area contributed by atoms with Crippen molar-refractivity contribution in [1.82, 2.24) is 9.80 Å². The van der Waals surface area contributed by atoms with Crippen molar-refractivity contribution in [1.29, 1.82) is 5.26 Å². The minimum atomic E-state index is -0.322. The number of esters is 1. The Morgan fingerprint density at radius 1 is 1.03 bits per heavy atom. The lowest BCUT2D eigenvalue weighted by Gasteiger charge is -2.34. The summed E-state index contributed by atoms with van der Waals surface area (Å²) in [7, 11) is 0. The molecule has 0 bridgehead atoms. The Hall–Kier alpha value is -3.14. The largest absolute Gasteiger partial charge is 0.462 e. The molecule has 0 saturated carbocycles. The van der Waals surface area contributed by atoms with E-state index in [2.05, 4.69) is 15.9 Å². The van der Waals surface area contributed by atoms with Gasteiger partial charge in [0.25, 0.3) is 0 Å². The predicted molar refractivity (Wildman–Crippen MR) is 114 cm³/mol. The van der Waals surface area contributed by atoms with Crippen LogP contribution in [0.3, 0.4) is 0 Å². The molecule has 2 heterocycles. The van der Waals surface area contributed by atoms with Gasteiger partial charge in [0.2, 0.25) is 0 Å². The summed E-state index contributed by atoms with van der Waals surface area (Å²) in [4.78, 5) is 17.3. The van der Waals surface area contributed by atoms with Crippen LogP contribution in [-0.4, -0.2) is 48.6 Å². The number of furan rings is 1. The Morgan fingerprint density at radius 3 is 2.37 bits per heavy atom. The third kappa shape index (κ3) is 4.38. The van der Waals surface area contributed by atoms with Gasteiger partial charge in [-0.15, -0.1) is 0 Å². The van der Waals surface area contributed by atoms with Crippen LogP contribution >= 0.6 is 0 Å². The first-order chi connectivity index (χ1) is 14.7. The van der Waals surface area contributed by atoms with E-state index in [1.807, 2.05) is 55.5 Å². The van der Waals surface area contributed by atoms with Crippen molar-refractivity contribution >= 4 is 16.9 Å². The molecular formula is C24H25N3O3. The number of piperazine rings is 1. The quantitative estimate of drug-likeness (QED) is 0.583. The topological polar surface area (TPSA) is 69.7 Å². The van der Waals surface area contributed by atoms with E-state index >= 15 is 0 Å². The van der Waals surface area contributed by atoms with Crippen LogP contribution in [0.4, 0.5) is 0 Å². The third-order valence-electron chi connectivity index (χ3n) is 5.47. The highest BCUT2D eigenvalue weighted by Crippen LogP contribution is 2.28. The van der Waals surface area contributed by atoms with Crippen LogP contribution in [0, 0.1) is 11.3 Å². The van der Waals surface area contributed by atoms with Crippen molar-refractivity contribution in [3.8, 4) is 6.07 Å². The second-order valence-corrected chi connectivity index (χ2v) is 7.48. The van der Waals surface area contributed by atoms with E-state index in [1.54, 1.807) is 0 Å².